The van der Waals surface area contributed by atoms with Crippen molar-refractivity contribution in [2.24, 2.45) is 0 Å². The molecule has 0 bridgehead atoms. The van der Waals surface area contributed by atoms with Crippen LogP contribution in [0.1, 0.15) is 28.2 Å². The number of aromatic nitrogens is 2. The largest absolute Gasteiger partial charge is 0.385 e. The van der Waals surface area contributed by atoms with E-state index >= 15 is 0 Å². The van der Waals surface area contributed by atoms with Gasteiger partial charge in [0.05, 0.1) is 20.9 Å². The maximum Gasteiger partial charge on any atom is 0.270 e. The highest BCUT2D eigenvalue weighted by atomic mass is 32.2. The number of ether oxygens (including phenoxy) is 1. The minimum absolute atomic E-state index is 0.0460. The number of hydrogen-bond donors (Lipinski definition) is 0. The highest BCUT2D eigenvalue weighted by Gasteiger charge is 2.17. The number of rotatable bonds is 9. The third-order valence-corrected chi connectivity index (χ3v) is 6.66. The number of ketones is 1. The summed E-state index contributed by atoms with van der Waals surface area (Å²) in [5.74, 6) is 0.339. The van der Waals surface area contributed by atoms with Gasteiger partial charge >= 0.3 is 0 Å². The molecule has 0 radical (unpaired) electrons. The van der Waals surface area contributed by atoms with E-state index < -0.39 is 4.92 Å². The van der Waals surface area contributed by atoms with Crippen LogP contribution in [-0.2, 0) is 11.3 Å². The predicted octanol–water partition coefficient (Wildman–Crippen LogP) is 4.63. The molecule has 0 N–H and O–H groups in total. The summed E-state index contributed by atoms with van der Waals surface area (Å²) in [6.45, 7) is 5.48. The molecule has 0 atom stereocenters. The van der Waals surface area contributed by atoms with Crippen LogP contribution >= 0.6 is 23.1 Å². The Bertz CT molecular complexity index is 1030. The van der Waals surface area contributed by atoms with Gasteiger partial charge in [0.15, 0.2) is 10.1 Å². The summed E-state index contributed by atoms with van der Waals surface area (Å²) in [6.07, 6.45) is 0.896. The van der Waals surface area contributed by atoms with Crippen molar-refractivity contribution in [2.75, 3.05) is 19.5 Å². The number of non-ortho nitro benzene ring substituents is 1. The number of Topliss-reactive ketones (excluding diaryl/α,β-unsaturated/α-hetero) is 1. The molecule has 2 aromatic heterocycles. The van der Waals surface area contributed by atoms with Crippen LogP contribution in [0, 0.1) is 24.0 Å². The van der Waals surface area contributed by atoms with E-state index in [2.05, 4.69) is 9.55 Å². The first-order valence-electron chi connectivity index (χ1n) is 8.77. The number of methoxy groups -OCH3 is 1. The fraction of sp³-hybridized carbons (Fsp3) is 0.368. The monoisotopic (exact) mass is 419 g/mol. The Kier molecular flexibility index (Phi) is 6.48. The van der Waals surface area contributed by atoms with Gasteiger partial charge in [-0.1, -0.05) is 11.8 Å². The van der Waals surface area contributed by atoms with E-state index in [1.54, 1.807) is 13.2 Å². The molecule has 1 aromatic carbocycles. The molecule has 0 fully saturated rings. The average Bonchev–Trinajstić information content (AvgIpc) is 3.20. The van der Waals surface area contributed by atoms with Crippen molar-refractivity contribution < 1.29 is 14.5 Å². The Labute approximate surface area is 170 Å². The van der Waals surface area contributed by atoms with E-state index in [4.69, 9.17) is 4.74 Å². The third-order valence-electron chi connectivity index (χ3n) is 4.49. The number of thiazole rings is 1. The number of aryl methyl sites for hydroxylation is 1. The lowest BCUT2D eigenvalue weighted by molar-refractivity contribution is -0.384. The van der Waals surface area contributed by atoms with Crippen molar-refractivity contribution in [3.63, 3.8) is 0 Å². The molecule has 0 amide bonds. The second-order valence-electron chi connectivity index (χ2n) is 6.38. The molecule has 9 heteroatoms. The zero-order valence-electron chi connectivity index (χ0n) is 15.9. The summed E-state index contributed by atoms with van der Waals surface area (Å²) < 4.78 is 8.73. The quantitative estimate of drug-likeness (QED) is 0.165. The van der Waals surface area contributed by atoms with Crippen molar-refractivity contribution in [1.82, 2.24) is 9.55 Å². The van der Waals surface area contributed by atoms with Gasteiger partial charge in [0.2, 0.25) is 0 Å². The lowest BCUT2D eigenvalue weighted by atomic mass is 10.2. The second-order valence-corrected chi connectivity index (χ2v) is 8.64. The summed E-state index contributed by atoms with van der Waals surface area (Å²) in [6, 6.07) is 6.54. The number of nitrogens with zero attached hydrogens (tertiary/aromatic N) is 3. The highest BCUT2D eigenvalue weighted by Crippen LogP contribution is 2.32. The zero-order chi connectivity index (χ0) is 20.3. The molecule has 148 valence electrons. The van der Waals surface area contributed by atoms with Crippen LogP contribution in [0.3, 0.4) is 0 Å². The highest BCUT2D eigenvalue weighted by molar-refractivity contribution is 8.01. The third kappa shape index (κ3) is 4.43. The van der Waals surface area contributed by atoms with Gasteiger partial charge in [-0.3, -0.25) is 14.9 Å². The molecule has 0 saturated heterocycles. The maximum atomic E-state index is 12.7. The molecule has 0 aliphatic heterocycles. The van der Waals surface area contributed by atoms with Crippen LogP contribution in [0.4, 0.5) is 5.69 Å². The first-order valence-corrected chi connectivity index (χ1v) is 10.6. The molecular formula is C19H21N3O4S2. The number of benzene rings is 1. The van der Waals surface area contributed by atoms with E-state index in [9.17, 15) is 14.9 Å². The molecular weight excluding hydrogens is 398 g/mol. The fourth-order valence-corrected chi connectivity index (χ4v) is 5.05. The van der Waals surface area contributed by atoms with Crippen LogP contribution in [0.15, 0.2) is 28.6 Å². The normalized spacial score (nSPS) is 11.2. The van der Waals surface area contributed by atoms with Crippen molar-refractivity contribution in [1.29, 1.82) is 0 Å². The van der Waals surface area contributed by atoms with Gasteiger partial charge in [-0.05, 0) is 32.4 Å². The summed E-state index contributed by atoms with van der Waals surface area (Å²) in [4.78, 5) is 27.7. The van der Waals surface area contributed by atoms with Gasteiger partial charge in [-0.25, -0.2) is 4.98 Å². The number of fused-ring (bicyclic) bond motifs is 1. The lowest BCUT2D eigenvalue weighted by Gasteiger charge is -2.09. The minimum Gasteiger partial charge on any atom is -0.385 e. The molecule has 0 unspecified atom stereocenters. The Balaban J connectivity index is 1.69. The van der Waals surface area contributed by atoms with Crippen LogP contribution in [0.2, 0.25) is 0 Å². The molecule has 0 aliphatic carbocycles. The lowest BCUT2D eigenvalue weighted by Crippen LogP contribution is -2.08. The van der Waals surface area contributed by atoms with Crippen molar-refractivity contribution >= 4 is 44.8 Å². The van der Waals surface area contributed by atoms with E-state index in [-0.39, 0.29) is 17.2 Å². The van der Waals surface area contributed by atoms with Crippen molar-refractivity contribution in [3.05, 3.63) is 51.3 Å². The van der Waals surface area contributed by atoms with Crippen LogP contribution in [-0.4, -0.2) is 39.7 Å². The maximum absolute atomic E-state index is 12.7. The molecule has 28 heavy (non-hydrogen) atoms. The Morgan fingerprint density at radius 3 is 2.86 bits per heavy atom. The number of nitro benzene ring substituents is 1. The topological polar surface area (TPSA) is 87.3 Å². The van der Waals surface area contributed by atoms with E-state index in [0.29, 0.717) is 12.1 Å². The molecule has 3 aromatic rings. The molecule has 0 saturated carbocycles. The van der Waals surface area contributed by atoms with Gasteiger partial charge in [-0.2, -0.15) is 0 Å². The minimum atomic E-state index is -0.419. The number of hydrogen-bond acceptors (Lipinski definition) is 7. The Hall–Kier alpha value is -2.23. The van der Waals surface area contributed by atoms with E-state index in [1.165, 1.54) is 35.2 Å². The Morgan fingerprint density at radius 1 is 1.36 bits per heavy atom. The van der Waals surface area contributed by atoms with Gasteiger partial charge < -0.3 is 9.30 Å². The number of carbonyl (C=O) groups is 1. The average molecular weight is 420 g/mol. The molecule has 0 aliphatic rings. The zero-order valence-corrected chi connectivity index (χ0v) is 17.6. The Morgan fingerprint density at radius 2 is 2.14 bits per heavy atom. The van der Waals surface area contributed by atoms with Crippen LogP contribution in [0.25, 0.3) is 10.2 Å². The van der Waals surface area contributed by atoms with Gasteiger partial charge in [0, 0.05) is 49.3 Å². The first kappa shape index (κ1) is 20.5. The fourth-order valence-electron chi connectivity index (χ4n) is 3.07. The van der Waals surface area contributed by atoms with E-state index in [1.807, 2.05) is 19.9 Å². The van der Waals surface area contributed by atoms with Gasteiger partial charge in [0.25, 0.3) is 5.69 Å². The number of thioether (sulfide) groups is 1. The van der Waals surface area contributed by atoms with Gasteiger partial charge in [0.1, 0.15) is 0 Å². The predicted molar refractivity (Wildman–Crippen MR) is 112 cm³/mol. The first-order chi connectivity index (χ1) is 13.4. The van der Waals surface area contributed by atoms with E-state index in [0.717, 1.165) is 39.0 Å². The summed E-state index contributed by atoms with van der Waals surface area (Å²) in [5, 5.41) is 10.9. The van der Waals surface area contributed by atoms with Crippen molar-refractivity contribution in [2.45, 2.75) is 31.2 Å². The summed E-state index contributed by atoms with van der Waals surface area (Å²) in [5.41, 5.74) is 3.53. The molecule has 7 nitrogen and oxygen atoms in total. The molecule has 0 spiro atoms. The van der Waals surface area contributed by atoms with Gasteiger partial charge in [-0.15, -0.1) is 11.3 Å². The molecule has 2 heterocycles. The number of nitro groups is 1. The smallest absolute Gasteiger partial charge is 0.270 e. The summed E-state index contributed by atoms with van der Waals surface area (Å²) >= 11 is 2.74. The second kappa shape index (κ2) is 8.85. The standard InChI is InChI=1S/C19H21N3O4S2/c1-12-9-15(13(2)21(12)7-4-8-26-3)17(23)11-27-19-20-16-6-5-14(22(24)25)10-18(16)28-19/h5-6,9-10H,4,7-8,11H2,1-3H3. The SMILES string of the molecule is COCCCn1c(C)cc(C(=O)CSc2nc3ccc([N+](=O)[O-])cc3s2)c1C. The number of carbonyl (C=O) groups excluding carboxylic acids is 1. The van der Waals surface area contributed by atoms with Crippen LogP contribution in [0.5, 0.6) is 0 Å². The van der Waals surface area contributed by atoms with Crippen LogP contribution < -0.4 is 0 Å². The van der Waals surface area contributed by atoms with Crippen molar-refractivity contribution in [3.8, 4) is 0 Å². The summed E-state index contributed by atoms with van der Waals surface area (Å²) in [7, 11) is 1.68. The molecule has 3 rings (SSSR count).